The molecule has 2 rings (SSSR count). The molecule has 0 saturated carbocycles. The fourth-order valence-electron chi connectivity index (χ4n) is 1.54. The van der Waals surface area contributed by atoms with Crippen LogP contribution < -0.4 is 24.3 Å². The zero-order valence-electron chi connectivity index (χ0n) is 21.9. The molecule has 0 aliphatic heterocycles. The normalized spacial score (nSPS) is 9.31. The van der Waals surface area contributed by atoms with Crippen LogP contribution in [0.25, 0.3) is 0 Å². The van der Waals surface area contributed by atoms with Crippen molar-refractivity contribution in [2.75, 3.05) is 0 Å². The Morgan fingerprint density at radius 1 is 0.781 bits per heavy atom. The predicted octanol–water partition coefficient (Wildman–Crippen LogP) is 5.78. The van der Waals surface area contributed by atoms with Crippen molar-refractivity contribution in [2.45, 2.75) is 87.2 Å². The number of nitrogens with one attached hydrogen (secondary N) is 1. The molecule has 6 heteroatoms. The first-order chi connectivity index (χ1) is 14.8. The molecule has 0 atom stereocenters. The summed E-state index contributed by atoms with van der Waals surface area (Å²) in [7, 11) is 0. The van der Waals surface area contributed by atoms with Gasteiger partial charge in [-0.1, -0.05) is 81.8 Å². The molecule has 188 valence electrons. The van der Waals surface area contributed by atoms with E-state index in [-0.39, 0.29) is 17.0 Å². The van der Waals surface area contributed by atoms with Gasteiger partial charge in [-0.2, -0.15) is 0 Å². The average Bonchev–Trinajstić information content (AvgIpc) is 2.71. The van der Waals surface area contributed by atoms with Crippen molar-refractivity contribution in [1.82, 2.24) is 5.32 Å². The summed E-state index contributed by atoms with van der Waals surface area (Å²) in [5, 5.41) is 2.90. The first kappa shape index (κ1) is 39.3. The summed E-state index contributed by atoms with van der Waals surface area (Å²) in [6.45, 7) is 21.9. The van der Waals surface area contributed by atoms with Gasteiger partial charge >= 0.3 is 50.5 Å². The van der Waals surface area contributed by atoms with Crippen molar-refractivity contribution in [3.8, 4) is 0 Å². The monoisotopic (exact) mass is 783 g/mol. The molecule has 0 aliphatic carbocycles. The summed E-state index contributed by atoms with van der Waals surface area (Å²) in [5.41, 5.74) is 7.21. The molecule has 0 radical (unpaired) electrons. The second-order valence-electron chi connectivity index (χ2n) is 8.14. The molecule has 32 heavy (non-hydrogen) atoms. The van der Waals surface area contributed by atoms with E-state index in [1.807, 2.05) is 106 Å². The average molecular weight is 783 g/mol. The SMILES string of the molecule is CC.CC.CC(C)(C)N.CC(C)(C)NC(=O)c1ccccc1.Cc1ccccc1.I[I-]I. The van der Waals surface area contributed by atoms with Gasteiger partial charge in [-0.3, -0.25) is 4.79 Å². The Bertz CT molecular complexity index is 617. The van der Waals surface area contributed by atoms with Crippen molar-refractivity contribution in [1.29, 1.82) is 0 Å². The molecular weight excluding hydrogens is 737 g/mol. The summed E-state index contributed by atoms with van der Waals surface area (Å²) in [5.74, 6) is -0.0203. The summed E-state index contributed by atoms with van der Waals surface area (Å²) in [4.78, 5) is 11.5. The quantitative estimate of drug-likeness (QED) is 0.361. The third-order valence-corrected chi connectivity index (χ3v) is 2.46. The number of aryl methyl sites for hydroxylation is 1. The van der Waals surface area contributed by atoms with E-state index in [0.29, 0.717) is 18.8 Å². The van der Waals surface area contributed by atoms with Crippen LogP contribution in [0, 0.1) is 6.92 Å². The van der Waals surface area contributed by atoms with E-state index < -0.39 is 0 Å². The zero-order valence-corrected chi connectivity index (χ0v) is 28.4. The molecule has 0 saturated heterocycles. The third kappa shape index (κ3) is 40.4. The Morgan fingerprint density at radius 2 is 1.06 bits per heavy atom. The fraction of sp³-hybridized carbons (Fsp3) is 0.500. The molecular formula is C26H46I3N2O-. The van der Waals surface area contributed by atoms with Crippen LogP contribution in [-0.2, 0) is 0 Å². The second-order valence-corrected chi connectivity index (χ2v) is 24.4. The molecule has 3 N–H and O–H groups in total. The van der Waals surface area contributed by atoms with Crippen LogP contribution in [0.3, 0.4) is 0 Å². The Labute approximate surface area is 229 Å². The number of halogens is 3. The van der Waals surface area contributed by atoms with Crippen LogP contribution in [0.2, 0.25) is 0 Å². The van der Waals surface area contributed by atoms with Crippen molar-refractivity contribution >= 4 is 43.1 Å². The summed E-state index contributed by atoms with van der Waals surface area (Å²) in [6, 6.07) is 19.5. The van der Waals surface area contributed by atoms with E-state index in [4.69, 9.17) is 5.73 Å². The van der Waals surface area contributed by atoms with Crippen LogP contribution in [-0.4, -0.2) is 17.0 Å². The first-order valence-corrected chi connectivity index (χ1v) is 23.4. The number of carbonyl (C=O) groups excluding carboxylic acids is 1. The number of carbonyl (C=O) groups is 1. The van der Waals surface area contributed by atoms with Gasteiger partial charge in [0, 0.05) is 16.6 Å². The third-order valence-electron chi connectivity index (χ3n) is 2.46. The van der Waals surface area contributed by atoms with Crippen LogP contribution in [0.5, 0.6) is 0 Å². The van der Waals surface area contributed by atoms with E-state index in [1.54, 1.807) is 12.1 Å². The van der Waals surface area contributed by atoms with Crippen LogP contribution in [0.15, 0.2) is 60.7 Å². The van der Waals surface area contributed by atoms with E-state index >= 15 is 0 Å². The van der Waals surface area contributed by atoms with E-state index in [0.717, 1.165) is 0 Å². The minimum absolute atomic E-state index is 0. The number of amides is 1. The predicted molar refractivity (Wildman–Crippen MR) is 160 cm³/mol. The molecule has 0 fully saturated rings. The van der Waals surface area contributed by atoms with E-state index in [1.165, 1.54) is 5.56 Å². The molecule has 0 aromatic heterocycles. The van der Waals surface area contributed by atoms with Gasteiger partial charge < -0.3 is 11.1 Å². The Kier molecular flexibility index (Phi) is 31.5. The van der Waals surface area contributed by atoms with E-state index in [2.05, 4.69) is 61.6 Å². The van der Waals surface area contributed by atoms with Gasteiger partial charge in [-0.25, -0.2) is 0 Å². The van der Waals surface area contributed by atoms with Crippen molar-refractivity contribution in [3.63, 3.8) is 0 Å². The Morgan fingerprint density at radius 3 is 1.28 bits per heavy atom. The van der Waals surface area contributed by atoms with Crippen LogP contribution >= 0.6 is 37.2 Å². The molecule has 3 nitrogen and oxygen atoms in total. The van der Waals surface area contributed by atoms with Crippen molar-refractivity contribution in [3.05, 3.63) is 71.8 Å². The van der Waals surface area contributed by atoms with Gasteiger partial charge in [0.15, 0.2) is 0 Å². The number of benzene rings is 2. The fourth-order valence-corrected chi connectivity index (χ4v) is 1.54. The zero-order chi connectivity index (χ0) is 26.2. The topological polar surface area (TPSA) is 55.1 Å². The molecule has 2 aromatic rings. The molecule has 0 aliphatic rings. The number of nitrogens with two attached hydrogens (primary N) is 1. The molecule has 0 unspecified atom stereocenters. The summed E-state index contributed by atoms with van der Waals surface area (Å²) >= 11 is 5.30. The molecule has 0 heterocycles. The van der Waals surface area contributed by atoms with E-state index in [9.17, 15) is 4.79 Å². The maximum atomic E-state index is 11.5. The molecule has 0 spiro atoms. The van der Waals surface area contributed by atoms with Gasteiger partial charge in [0.1, 0.15) is 0 Å². The number of hydrogen-bond donors (Lipinski definition) is 2. The summed E-state index contributed by atoms with van der Waals surface area (Å²) in [6.07, 6.45) is 0. The summed E-state index contributed by atoms with van der Waals surface area (Å²) < 4.78 is 0. The van der Waals surface area contributed by atoms with Gasteiger partial charge in [0.25, 0.3) is 5.91 Å². The maximum absolute atomic E-state index is 11.5. The standard InChI is InChI=1S/C11H15NO.C7H8.C4H11N.2C2H6.I3/c1-11(2,3)12-10(13)9-7-5-4-6-8-9;1-7-5-3-2-4-6-7;1-4(2,3)5;2*1-2;1-3-2/h4-8H,1-3H3,(H,12,13);2-6H,1H3;5H2,1-3H3;2*1-2H3;/q;;;;;-1. The van der Waals surface area contributed by atoms with Gasteiger partial charge in [0.05, 0.1) is 0 Å². The first-order valence-electron chi connectivity index (χ1n) is 10.8. The Balaban J connectivity index is -0.000000175. The molecule has 2 aromatic carbocycles. The van der Waals surface area contributed by atoms with Crippen LogP contribution in [0.1, 0.15) is 85.2 Å². The molecule has 0 bridgehead atoms. The van der Waals surface area contributed by atoms with Crippen LogP contribution in [0.4, 0.5) is 0 Å². The van der Waals surface area contributed by atoms with Crippen molar-refractivity contribution < 1.29 is 18.0 Å². The number of rotatable bonds is 1. The van der Waals surface area contributed by atoms with Gasteiger partial charge in [-0.05, 0) is 60.6 Å². The Hall–Kier alpha value is 0.0600. The van der Waals surface area contributed by atoms with Gasteiger partial charge in [0.2, 0.25) is 0 Å². The number of hydrogen-bond acceptors (Lipinski definition) is 2. The minimum atomic E-state index is -0.174. The second kappa shape index (κ2) is 25.7. The van der Waals surface area contributed by atoms with Gasteiger partial charge in [-0.15, -0.1) is 0 Å². The molecule has 1 amide bonds. The van der Waals surface area contributed by atoms with Crippen molar-refractivity contribution in [2.24, 2.45) is 5.73 Å².